The van der Waals surface area contributed by atoms with Crippen molar-refractivity contribution in [2.45, 2.75) is 26.5 Å². The Balaban J connectivity index is 2.32. The second-order valence-electron chi connectivity index (χ2n) is 6.51. The summed E-state index contributed by atoms with van der Waals surface area (Å²) in [4.78, 5) is 48.0. The predicted octanol–water partition coefficient (Wildman–Crippen LogP) is 3.30. The first-order valence-electron chi connectivity index (χ1n) is 9.92. The second-order valence-corrected chi connectivity index (χ2v) is 6.51. The molecule has 0 saturated carbocycles. The van der Waals surface area contributed by atoms with Gasteiger partial charge in [0.2, 0.25) is 0 Å². The Hall–Kier alpha value is -3.95. The molecule has 2 aromatic carbocycles. The Bertz CT molecular complexity index is 913. The molecule has 10 heteroatoms. The molecular formula is C22H24N2O8. The molecule has 0 fully saturated rings. The van der Waals surface area contributed by atoms with E-state index in [2.05, 4.69) is 5.32 Å². The number of amides is 1. The van der Waals surface area contributed by atoms with Gasteiger partial charge in [-0.05, 0) is 25.0 Å². The zero-order valence-electron chi connectivity index (χ0n) is 17.7. The number of nitrogens with one attached hydrogen (secondary N) is 1. The van der Waals surface area contributed by atoms with Crippen LogP contribution in [0.4, 0.5) is 10.5 Å². The summed E-state index contributed by atoms with van der Waals surface area (Å²) < 4.78 is 15.2. The molecule has 0 aliphatic rings. The summed E-state index contributed by atoms with van der Waals surface area (Å²) in [5.74, 6) is -3.35. The first-order chi connectivity index (χ1) is 15.4. The van der Waals surface area contributed by atoms with Gasteiger partial charge in [0, 0.05) is 12.1 Å². The van der Waals surface area contributed by atoms with Crippen LogP contribution in [-0.4, -0.2) is 36.2 Å². The number of carbonyl (C=O) groups excluding carboxylic acids is 3. The number of non-ortho nitro benzene ring substituents is 1. The summed E-state index contributed by atoms with van der Waals surface area (Å²) in [6.45, 7) is 3.11. The molecule has 0 aromatic heterocycles. The average molecular weight is 444 g/mol. The molecule has 0 spiro atoms. The molecule has 1 atom stereocenters. The van der Waals surface area contributed by atoms with Crippen LogP contribution in [0.5, 0.6) is 0 Å². The van der Waals surface area contributed by atoms with Gasteiger partial charge >= 0.3 is 18.0 Å². The summed E-state index contributed by atoms with van der Waals surface area (Å²) in [5, 5.41) is 13.5. The van der Waals surface area contributed by atoms with E-state index in [-0.39, 0.29) is 31.1 Å². The van der Waals surface area contributed by atoms with Crippen LogP contribution in [-0.2, 0) is 30.4 Å². The number of carbonyl (C=O) groups is 3. The summed E-state index contributed by atoms with van der Waals surface area (Å²) in [7, 11) is 0. The van der Waals surface area contributed by atoms with Crippen molar-refractivity contribution >= 4 is 23.7 Å². The van der Waals surface area contributed by atoms with E-state index < -0.39 is 34.9 Å². The van der Waals surface area contributed by atoms with Gasteiger partial charge < -0.3 is 19.5 Å². The third-order valence-electron chi connectivity index (χ3n) is 4.36. The van der Waals surface area contributed by atoms with Gasteiger partial charge in [-0.3, -0.25) is 19.7 Å². The zero-order valence-corrected chi connectivity index (χ0v) is 17.7. The van der Waals surface area contributed by atoms with E-state index in [9.17, 15) is 24.5 Å². The van der Waals surface area contributed by atoms with Crippen molar-refractivity contribution in [1.29, 1.82) is 0 Å². The maximum atomic E-state index is 12.6. The standard InChI is InChI=1S/C22H24N2O8/c1-3-30-20(25)18(21(26)31-4-2)19(16-10-12-17(13-11-16)24(28)29)23-22(27)32-14-15-8-6-5-7-9-15/h5-13,18-19H,3-4,14H2,1-2H3,(H,23,27). The molecular weight excluding hydrogens is 420 g/mol. The van der Waals surface area contributed by atoms with Crippen molar-refractivity contribution in [2.75, 3.05) is 13.2 Å². The van der Waals surface area contributed by atoms with Gasteiger partial charge in [-0.2, -0.15) is 0 Å². The molecule has 2 aromatic rings. The molecule has 1 amide bonds. The number of rotatable bonds is 10. The maximum Gasteiger partial charge on any atom is 0.407 e. The summed E-state index contributed by atoms with van der Waals surface area (Å²) in [5.41, 5.74) is 0.809. The fourth-order valence-corrected chi connectivity index (χ4v) is 2.89. The van der Waals surface area contributed by atoms with E-state index in [0.29, 0.717) is 0 Å². The van der Waals surface area contributed by atoms with Gasteiger partial charge in [-0.1, -0.05) is 42.5 Å². The van der Waals surface area contributed by atoms with Crippen LogP contribution in [0.15, 0.2) is 54.6 Å². The Kier molecular flexibility index (Phi) is 9.15. The molecule has 0 heterocycles. The lowest BCUT2D eigenvalue weighted by molar-refractivity contribution is -0.384. The van der Waals surface area contributed by atoms with Crippen molar-refractivity contribution in [1.82, 2.24) is 5.32 Å². The highest BCUT2D eigenvalue weighted by atomic mass is 16.6. The predicted molar refractivity (Wildman–Crippen MR) is 112 cm³/mol. The van der Waals surface area contributed by atoms with Crippen LogP contribution >= 0.6 is 0 Å². The van der Waals surface area contributed by atoms with Crippen LogP contribution in [0, 0.1) is 16.0 Å². The number of hydrogen-bond acceptors (Lipinski definition) is 8. The number of nitro groups is 1. The summed E-state index contributed by atoms with van der Waals surface area (Å²) in [6, 6.07) is 12.8. The van der Waals surface area contributed by atoms with E-state index in [1.54, 1.807) is 38.1 Å². The Morgan fingerprint density at radius 3 is 1.97 bits per heavy atom. The van der Waals surface area contributed by atoms with Crippen LogP contribution in [0.2, 0.25) is 0 Å². The number of ether oxygens (including phenoxy) is 3. The normalized spacial score (nSPS) is 11.3. The first kappa shape index (κ1) is 24.3. The van der Waals surface area contributed by atoms with Crippen molar-refractivity contribution in [3.8, 4) is 0 Å². The van der Waals surface area contributed by atoms with Crippen LogP contribution in [0.1, 0.15) is 31.0 Å². The highest BCUT2D eigenvalue weighted by Crippen LogP contribution is 2.27. The fraction of sp³-hybridized carbons (Fsp3) is 0.318. The van der Waals surface area contributed by atoms with E-state index >= 15 is 0 Å². The lowest BCUT2D eigenvalue weighted by Crippen LogP contribution is -2.42. The van der Waals surface area contributed by atoms with Crippen LogP contribution in [0.3, 0.4) is 0 Å². The minimum atomic E-state index is -1.54. The number of esters is 2. The molecule has 10 nitrogen and oxygen atoms in total. The Labute approximate surface area is 184 Å². The summed E-state index contributed by atoms with van der Waals surface area (Å²) in [6.07, 6.45) is -0.893. The molecule has 0 saturated heterocycles. The average Bonchev–Trinajstić information content (AvgIpc) is 2.78. The molecule has 2 rings (SSSR count). The quantitative estimate of drug-likeness (QED) is 0.194. The van der Waals surface area contributed by atoms with Crippen molar-refractivity contribution in [3.63, 3.8) is 0 Å². The largest absolute Gasteiger partial charge is 0.465 e. The van der Waals surface area contributed by atoms with Gasteiger partial charge in [-0.25, -0.2) is 4.79 Å². The molecule has 0 aliphatic heterocycles. The zero-order chi connectivity index (χ0) is 23.5. The SMILES string of the molecule is CCOC(=O)C(C(=O)OCC)C(NC(=O)OCc1ccccc1)c1ccc([N+](=O)[O-])cc1. The van der Waals surface area contributed by atoms with Gasteiger partial charge in [0.15, 0.2) is 5.92 Å². The molecule has 1 unspecified atom stereocenters. The number of nitrogens with zero attached hydrogens (tertiary/aromatic N) is 1. The van der Waals surface area contributed by atoms with Gasteiger partial charge in [0.1, 0.15) is 6.61 Å². The number of alkyl carbamates (subject to hydrolysis) is 1. The van der Waals surface area contributed by atoms with E-state index in [4.69, 9.17) is 14.2 Å². The van der Waals surface area contributed by atoms with Gasteiger partial charge in [0.05, 0.1) is 24.2 Å². The fourth-order valence-electron chi connectivity index (χ4n) is 2.89. The Morgan fingerprint density at radius 1 is 0.906 bits per heavy atom. The van der Waals surface area contributed by atoms with E-state index in [1.807, 2.05) is 6.07 Å². The molecule has 1 N–H and O–H groups in total. The molecule has 0 bridgehead atoms. The molecule has 32 heavy (non-hydrogen) atoms. The lowest BCUT2D eigenvalue weighted by Gasteiger charge is -2.25. The highest BCUT2D eigenvalue weighted by Gasteiger charge is 2.40. The van der Waals surface area contributed by atoms with Crippen molar-refractivity contribution in [3.05, 3.63) is 75.8 Å². The van der Waals surface area contributed by atoms with Crippen molar-refractivity contribution < 1.29 is 33.5 Å². The molecule has 170 valence electrons. The van der Waals surface area contributed by atoms with Gasteiger partial charge in [-0.15, -0.1) is 0 Å². The smallest absolute Gasteiger partial charge is 0.407 e. The number of nitro benzene ring substituents is 1. The van der Waals surface area contributed by atoms with Crippen LogP contribution in [0.25, 0.3) is 0 Å². The Morgan fingerprint density at radius 2 is 1.47 bits per heavy atom. The monoisotopic (exact) mass is 444 g/mol. The minimum Gasteiger partial charge on any atom is -0.465 e. The minimum absolute atomic E-state index is 0.000172. The molecule has 0 radical (unpaired) electrons. The first-order valence-corrected chi connectivity index (χ1v) is 9.92. The van der Waals surface area contributed by atoms with Crippen molar-refractivity contribution in [2.24, 2.45) is 5.92 Å². The third kappa shape index (κ3) is 6.79. The lowest BCUT2D eigenvalue weighted by atomic mass is 9.92. The second kappa shape index (κ2) is 12.0. The summed E-state index contributed by atoms with van der Waals surface area (Å²) >= 11 is 0. The topological polar surface area (TPSA) is 134 Å². The van der Waals surface area contributed by atoms with Crippen LogP contribution < -0.4 is 5.32 Å². The maximum absolute atomic E-state index is 12.6. The van der Waals surface area contributed by atoms with E-state index in [0.717, 1.165) is 5.56 Å². The van der Waals surface area contributed by atoms with E-state index in [1.165, 1.54) is 24.3 Å². The third-order valence-corrected chi connectivity index (χ3v) is 4.36. The number of hydrogen-bond donors (Lipinski definition) is 1. The molecule has 0 aliphatic carbocycles. The highest BCUT2D eigenvalue weighted by molar-refractivity contribution is 5.96. The van der Waals surface area contributed by atoms with Gasteiger partial charge in [0.25, 0.3) is 5.69 Å². The number of benzene rings is 2.